The summed E-state index contributed by atoms with van der Waals surface area (Å²) < 4.78 is 0. The Balaban J connectivity index is 2.51. The van der Waals surface area contributed by atoms with Crippen LogP contribution in [0.2, 0.25) is 0 Å². The number of amides is 1. The van der Waals surface area contributed by atoms with Crippen molar-refractivity contribution in [2.75, 3.05) is 5.32 Å². The molecule has 0 radical (unpaired) electrons. The normalized spacial score (nSPS) is 14.1. The van der Waals surface area contributed by atoms with E-state index in [0.29, 0.717) is 6.04 Å². The molecule has 0 spiro atoms. The first kappa shape index (κ1) is 13.7. The van der Waals surface area contributed by atoms with E-state index < -0.39 is 0 Å². The van der Waals surface area contributed by atoms with E-state index in [1.165, 1.54) is 5.56 Å². The van der Waals surface area contributed by atoms with E-state index in [2.05, 4.69) is 24.5 Å². The Bertz CT molecular complexity index is 359. The highest BCUT2D eigenvalue weighted by Gasteiger charge is 2.14. The minimum absolute atomic E-state index is 0.00848. The predicted molar refractivity (Wildman–Crippen MR) is 72.2 cm³/mol. The van der Waals surface area contributed by atoms with Gasteiger partial charge in [0.15, 0.2) is 0 Å². The summed E-state index contributed by atoms with van der Waals surface area (Å²) >= 11 is 0. The fourth-order valence-electron chi connectivity index (χ4n) is 1.51. The Morgan fingerprint density at radius 3 is 2.35 bits per heavy atom. The van der Waals surface area contributed by atoms with Crippen LogP contribution in [-0.2, 0) is 4.79 Å². The fraction of sp³-hybridized carbons (Fsp3) is 0.500. The van der Waals surface area contributed by atoms with Crippen LogP contribution in [0.15, 0.2) is 24.3 Å². The van der Waals surface area contributed by atoms with Gasteiger partial charge in [0.2, 0.25) is 5.91 Å². The van der Waals surface area contributed by atoms with Gasteiger partial charge in [-0.1, -0.05) is 24.6 Å². The molecule has 3 nitrogen and oxygen atoms in total. The number of hydrogen-bond donors (Lipinski definition) is 2. The minimum atomic E-state index is -0.175. The van der Waals surface area contributed by atoms with Crippen LogP contribution in [0, 0.1) is 6.92 Å². The van der Waals surface area contributed by atoms with E-state index in [1.807, 2.05) is 38.1 Å². The lowest BCUT2D eigenvalue weighted by Gasteiger charge is -2.18. The van der Waals surface area contributed by atoms with Gasteiger partial charge in [-0.2, -0.15) is 0 Å². The van der Waals surface area contributed by atoms with Crippen LogP contribution in [0.5, 0.6) is 0 Å². The average molecular weight is 234 g/mol. The fourth-order valence-corrected chi connectivity index (χ4v) is 1.51. The summed E-state index contributed by atoms with van der Waals surface area (Å²) in [7, 11) is 0. The molecule has 3 heteroatoms. The number of rotatable bonds is 5. The van der Waals surface area contributed by atoms with Crippen LogP contribution in [0.3, 0.4) is 0 Å². The van der Waals surface area contributed by atoms with Gasteiger partial charge in [-0.3, -0.25) is 4.79 Å². The smallest absolute Gasteiger partial charge is 0.241 e. The summed E-state index contributed by atoms with van der Waals surface area (Å²) in [6, 6.07) is 8.00. The van der Waals surface area contributed by atoms with Gasteiger partial charge in [0.1, 0.15) is 0 Å². The summed E-state index contributed by atoms with van der Waals surface area (Å²) in [5.74, 6) is 0.00848. The molecule has 0 saturated carbocycles. The van der Waals surface area contributed by atoms with Crippen molar-refractivity contribution < 1.29 is 4.79 Å². The molecule has 2 atom stereocenters. The third-order valence-electron chi connectivity index (χ3n) is 2.86. The largest absolute Gasteiger partial charge is 0.325 e. The van der Waals surface area contributed by atoms with E-state index >= 15 is 0 Å². The summed E-state index contributed by atoms with van der Waals surface area (Å²) in [6.45, 7) is 8.09. The summed E-state index contributed by atoms with van der Waals surface area (Å²) in [6.07, 6.45) is 1.02. The van der Waals surface area contributed by atoms with Crippen LogP contribution in [0.25, 0.3) is 0 Å². The highest BCUT2D eigenvalue weighted by molar-refractivity contribution is 5.94. The Labute approximate surface area is 104 Å². The second kappa shape index (κ2) is 6.40. The van der Waals surface area contributed by atoms with Gasteiger partial charge >= 0.3 is 0 Å². The lowest BCUT2D eigenvalue weighted by molar-refractivity contribution is -0.117. The molecule has 94 valence electrons. The number of carbonyl (C=O) groups is 1. The molecule has 0 fully saturated rings. The molecule has 1 amide bonds. The van der Waals surface area contributed by atoms with Crippen molar-refractivity contribution in [3.8, 4) is 0 Å². The van der Waals surface area contributed by atoms with Gasteiger partial charge < -0.3 is 10.6 Å². The summed E-state index contributed by atoms with van der Waals surface area (Å²) in [5.41, 5.74) is 2.03. The standard InChI is InChI=1S/C14H22N2O/c1-5-11(3)15-12(4)14(17)16-13-8-6-10(2)7-9-13/h6-9,11-12,15H,5H2,1-4H3,(H,16,17)/t11-,12+/m0/s1. The maximum Gasteiger partial charge on any atom is 0.241 e. The quantitative estimate of drug-likeness (QED) is 0.822. The van der Waals surface area contributed by atoms with Crippen molar-refractivity contribution in [3.63, 3.8) is 0 Å². The van der Waals surface area contributed by atoms with Crippen molar-refractivity contribution in [2.24, 2.45) is 0 Å². The molecule has 2 N–H and O–H groups in total. The van der Waals surface area contributed by atoms with E-state index in [9.17, 15) is 4.79 Å². The highest BCUT2D eigenvalue weighted by Crippen LogP contribution is 2.09. The first-order valence-electron chi connectivity index (χ1n) is 6.16. The molecular weight excluding hydrogens is 212 g/mol. The molecule has 1 rings (SSSR count). The maximum absolute atomic E-state index is 11.9. The van der Waals surface area contributed by atoms with Crippen molar-refractivity contribution in [2.45, 2.75) is 46.2 Å². The van der Waals surface area contributed by atoms with Crippen molar-refractivity contribution in [1.29, 1.82) is 0 Å². The average Bonchev–Trinajstić information content (AvgIpc) is 2.31. The van der Waals surface area contributed by atoms with E-state index in [0.717, 1.165) is 12.1 Å². The lowest BCUT2D eigenvalue weighted by Crippen LogP contribution is -2.42. The predicted octanol–water partition coefficient (Wildman–Crippen LogP) is 2.71. The number of nitrogens with one attached hydrogen (secondary N) is 2. The first-order valence-corrected chi connectivity index (χ1v) is 6.16. The van der Waals surface area contributed by atoms with Crippen molar-refractivity contribution in [3.05, 3.63) is 29.8 Å². The second-order valence-corrected chi connectivity index (χ2v) is 4.55. The van der Waals surface area contributed by atoms with E-state index in [-0.39, 0.29) is 11.9 Å². The van der Waals surface area contributed by atoms with Crippen molar-refractivity contribution >= 4 is 11.6 Å². The highest BCUT2D eigenvalue weighted by atomic mass is 16.2. The molecule has 0 saturated heterocycles. The SMILES string of the molecule is CC[C@H](C)N[C@H](C)C(=O)Nc1ccc(C)cc1. The molecule has 0 bridgehead atoms. The Kier molecular flexibility index (Phi) is 5.16. The van der Waals surface area contributed by atoms with Gasteiger partial charge in [0, 0.05) is 11.7 Å². The topological polar surface area (TPSA) is 41.1 Å². The number of aryl methyl sites for hydroxylation is 1. The lowest BCUT2D eigenvalue weighted by atomic mass is 10.2. The van der Waals surface area contributed by atoms with Gasteiger partial charge in [-0.15, -0.1) is 0 Å². The molecule has 0 aliphatic carbocycles. The molecule has 17 heavy (non-hydrogen) atoms. The number of hydrogen-bond acceptors (Lipinski definition) is 2. The maximum atomic E-state index is 11.9. The van der Waals surface area contributed by atoms with Crippen LogP contribution >= 0.6 is 0 Å². The number of benzene rings is 1. The Morgan fingerprint density at radius 2 is 1.82 bits per heavy atom. The van der Waals surface area contributed by atoms with E-state index in [1.54, 1.807) is 0 Å². The van der Waals surface area contributed by atoms with Crippen molar-refractivity contribution in [1.82, 2.24) is 5.32 Å². The molecule has 0 aliphatic rings. The van der Waals surface area contributed by atoms with Crippen LogP contribution < -0.4 is 10.6 Å². The Morgan fingerprint density at radius 1 is 1.24 bits per heavy atom. The molecule has 0 unspecified atom stereocenters. The zero-order chi connectivity index (χ0) is 12.8. The van der Waals surface area contributed by atoms with Gasteiger partial charge in [0.05, 0.1) is 6.04 Å². The second-order valence-electron chi connectivity index (χ2n) is 4.55. The monoisotopic (exact) mass is 234 g/mol. The number of carbonyl (C=O) groups excluding carboxylic acids is 1. The minimum Gasteiger partial charge on any atom is -0.325 e. The zero-order valence-corrected chi connectivity index (χ0v) is 11.1. The van der Waals surface area contributed by atoms with Crippen LogP contribution in [0.1, 0.15) is 32.8 Å². The van der Waals surface area contributed by atoms with Crippen LogP contribution in [0.4, 0.5) is 5.69 Å². The molecular formula is C14H22N2O. The van der Waals surface area contributed by atoms with Crippen LogP contribution in [-0.4, -0.2) is 18.0 Å². The molecule has 0 heterocycles. The summed E-state index contributed by atoms with van der Waals surface area (Å²) in [5, 5.41) is 6.15. The first-order chi connectivity index (χ1) is 8.02. The Hall–Kier alpha value is -1.35. The van der Waals surface area contributed by atoms with Gasteiger partial charge in [-0.25, -0.2) is 0 Å². The van der Waals surface area contributed by atoms with Gasteiger partial charge in [0.25, 0.3) is 0 Å². The number of anilines is 1. The molecule has 0 aromatic heterocycles. The molecule has 0 aliphatic heterocycles. The molecule has 1 aromatic rings. The third-order valence-corrected chi connectivity index (χ3v) is 2.86. The zero-order valence-electron chi connectivity index (χ0n) is 11.1. The molecule has 1 aromatic carbocycles. The van der Waals surface area contributed by atoms with Gasteiger partial charge in [-0.05, 0) is 39.3 Å². The summed E-state index contributed by atoms with van der Waals surface area (Å²) in [4.78, 5) is 11.9. The van der Waals surface area contributed by atoms with E-state index in [4.69, 9.17) is 0 Å². The third kappa shape index (κ3) is 4.57.